The highest BCUT2D eigenvalue weighted by Gasteiger charge is 2.10. The van der Waals surface area contributed by atoms with Crippen LogP contribution in [0.15, 0.2) is 10.5 Å². The van der Waals surface area contributed by atoms with Crippen LogP contribution in [0.2, 0.25) is 0 Å². The molecule has 0 aliphatic carbocycles. The molecule has 12 heavy (non-hydrogen) atoms. The number of aromatic nitrogens is 1. The lowest BCUT2D eigenvalue weighted by Crippen LogP contribution is -2.04. The number of hydrogen-bond acceptors (Lipinski definition) is 4. The normalized spacial score (nSPS) is 13.7. The van der Waals surface area contributed by atoms with E-state index in [1.807, 2.05) is 0 Å². The van der Waals surface area contributed by atoms with E-state index in [-0.39, 0.29) is 0 Å². The van der Waals surface area contributed by atoms with E-state index in [9.17, 15) is 0 Å². The highest BCUT2D eigenvalue weighted by atomic mass is 32.2. The molecule has 0 amide bonds. The molecule has 4 heteroatoms. The molecule has 68 valence electrons. The minimum absolute atomic E-state index is 0.607. The second kappa shape index (κ2) is 4.14. The van der Waals surface area contributed by atoms with Crippen LogP contribution in [0.5, 0.6) is 0 Å². The number of nitrogen functional groups attached to an aromatic ring is 1. The molecule has 0 spiro atoms. The molecule has 2 nitrogen and oxygen atoms in total. The van der Waals surface area contributed by atoms with Crippen molar-refractivity contribution in [1.29, 1.82) is 0 Å². The Morgan fingerprint density at radius 1 is 1.50 bits per heavy atom. The Bertz CT molecular complexity index is 245. The lowest BCUT2D eigenvalue weighted by atomic mass is 10.2. The van der Waals surface area contributed by atoms with E-state index in [1.54, 1.807) is 29.3 Å². The first-order valence-corrected chi connectivity index (χ1v) is 5.67. The number of thiazole rings is 1. The van der Waals surface area contributed by atoms with E-state index in [0.717, 1.165) is 9.34 Å². The van der Waals surface area contributed by atoms with Crippen LogP contribution in [0.25, 0.3) is 0 Å². The fourth-order valence-corrected chi connectivity index (χ4v) is 2.67. The maximum absolute atomic E-state index is 5.57. The molecule has 1 heterocycles. The Kier molecular flexibility index (Phi) is 3.40. The van der Waals surface area contributed by atoms with Gasteiger partial charge in [0.25, 0.3) is 0 Å². The maximum atomic E-state index is 5.57. The van der Waals surface area contributed by atoms with E-state index in [1.165, 1.54) is 0 Å². The van der Waals surface area contributed by atoms with Crippen LogP contribution in [0, 0.1) is 5.92 Å². The summed E-state index contributed by atoms with van der Waals surface area (Å²) in [4.78, 5) is 4.19. The Balaban J connectivity index is 2.52. The molecule has 0 aromatic carbocycles. The minimum Gasteiger partial charge on any atom is -0.389 e. The SMILES string of the molecule is CC(C)C(C)Sc1ncc(N)s1. The Morgan fingerprint density at radius 3 is 2.58 bits per heavy atom. The lowest BCUT2D eigenvalue weighted by molar-refractivity contribution is 0.642. The summed E-state index contributed by atoms with van der Waals surface area (Å²) < 4.78 is 1.08. The zero-order valence-corrected chi connectivity index (χ0v) is 9.21. The number of hydrogen-bond donors (Lipinski definition) is 1. The molecule has 1 aromatic rings. The van der Waals surface area contributed by atoms with E-state index in [4.69, 9.17) is 5.73 Å². The lowest BCUT2D eigenvalue weighted by Gasteiger charge is -2.12. The van der Waals surface area contributed by atoms with E-state index < -0.39 is 0 Å². The van der Waals surface area contributed by atoms with Gasteiger partial charge in [-0.2, -0.15) is 0 Å². The van der Waals surface area contributed by atoms with E-state index >= 15 is 0 Å². The van der Waals surface area contributed by atoms with Crippen molar-refractivity contribution in [3.63, 3.8) is 0 Å². The second-order valence-electron chi connectivity index (χ2n) is 3.10. The second-order valence-corrected chi connectivity index (χ2v) is 5.78. The first-order valence-electron chi connectivity index (χ1n) is 3.97. The zero-order chi connectivity index (χ0) is 9.14. The molecule has 1 aromatic heterocycles. The largest absolute Gasteiger partial charge is 0.389 e. The van der Waals surface area contributed by atoms with Crippen molar-refractivity contribution in [1.82, 2.24) is 4.98 Å². The average Bonchev–Trinajstić information content (AvgIpc) is 2.35. The number of thioether (sulfide) groups is 1. The van der Waals surface area contributed by atoms with Crippen LogP contribution in [0.4, 0.5) is 5.00 Å². The van der Waals surface area contributed by atoms with Crippen molar-refractivity contribution in [2.45, 2.75) is 30.4 Å². The van der Waals surface area contributed by atoms with E-state index in [0.29, 0.717) is 11.2 Å². The summed E-state index contributed by atoms with van der Waals surface area (Å²) in [6, 6.07) is 0. The summed E-state index contributed by atoms with van der Waals surface area (Å²) in [5, 5.41) is 1.41. The number of anilines is 1. The van der Waals surface area contributed by atoms with Gasteiger partial charge in [0.15, 0.2) is 4.34 Å². The summed E-state index contributed by atoms with van der Waals surface area (Å²) in [5.41, 5.74) is 5.57. The molecule has 0 fully saturated rings. The monoisotopic (exact) mass is 202 g/mol. The summed E-state index contributed by atoms with van der Waals surface area (Å²) >= 11 is 3.36. The number of rotatable bonds is 3. The zero-order valence-electron chi connectivity index (χ0n) is 7.57. The van der Waals surface area contributed by atoms with Gasteiger partial charge in [-0.1, -0.05) is 43.9 Å². The van der Waals surface area contributed by atoms with Gasteiger partial charge in [0.05, 0.1) is 6.20 Å². The van der Waals surface area contributed by atoms with Crippen LogP contribution in [0.1, 0.15) is 20.8 Å². The third kappa shape index (κ3) is 2.68. The number of nitrogens with two attached hydrogens (primary N) is 1. The van der Waals surface area contributed by atoms with Gasteiger partial charge in [0, 0.05) is 5.25 Å². The standard InChI is InChI=1S/C8H14N2S2/c1-5(2)6(3)11-8-10-4-7(9)12-8/h4-6H,9H2,1-3H3. The van der Waals surface area contributed by atoms with Gasteiger partial charge in [-0.3, -0.25) is 0 Å². The predicted molar refractivity (Wildman–Crippen MR) is 56.7 cm³/mol. The molecule has 0 aliphatic rings. The highest BCUT2D eigenvalue weighted by Crippen LogP contribution is 2.31. The average molecular weight is 202 g/mol. The molecule has 2 N–H and O–H groups in total. The maximum Gasteiger partial charge on any atom is 0.152 e. The Hall–Kier alpha value is -0.220. The fourth-order valence-electron chi connectivity index (χ4n) is 0.619. The van der Waals surface area contributed by atoms with Gasteiger partial charge < -0.3 is 5.73 Å². The van der Waals surface area contributed by atoms with E-state index in [2.05, 4.69) is 25.8 Å². The van der Waals surface area contributed by atoms with Gasteiger partial charge in [0.2, 0.25) is 0 Å². The molecule has 0 aliphatic heterocycles. The highest BCUT2D eigenvalue weighted by molar-refractivity contribution is 8.01. The molecule has 1 rings (SSSR count). The van der Waals surface area contributed by atoms with Gasteiger partial charge in [-0.25, -0.2) is 4.98 Å². The molecule has 0 radical (unpaired) electrons. The van der Waals surface area contributed by atoms with Crippen molar-refractivity contribution < 1.29 is 0 Å². The van der Waals surface area contributed by atoms with Crippen molar-refractivity contribution in [3.05, 3.63) is 6.20 Å². The molecular formula is C8H14N2S2. The van der Waals surface area contributed by atoms with Crippen LogP contribution in [-0.2, 0) is 0 Å². The Morgan fingerprint density at radius 2 is 2.17 bits per heavy atom. The predicted octanol–water partition coefficient (Wildman–Crippen LogP) is 2.86. The van der Waals surface area contributed by atoms with Crippen LogP contribution in [-0.4, -0.2) is 10.2 Å². The molecule has 0 saturated heterocycles. The van der Waals surface area contributed by atoms with Gasteiger partial charge >= 0.3 is 0 Å². The van der Waals surface area contributed by atoms with Crippen molar-refractivity contribution >= 4 is 28.1 Å². The first-order chi connectivity index (χ1) is 5.59. The third-order valence-electron chi connectivity index (χ3n) is 1.73. The molecular weight excluding hydrogens is 188 g/mol. The van der Waals surface area contributed by atoms with Crippen LogP contribution < -0.4 is 5.73 Å². The first kappa shape index (κ1) is 9.86. The van der Waals surface area contributed by atoms with Crippen molar-refractivity contribution in [2.24, 2.45) is 5.92 Å². The smallest absolute Gasteiger partial charge is 0.152 e. The summed E-state index contributed by atoms with van der Waals surface area (Å²) in [6.45, 7) is 6.65. The summed E-state index contributed by atoms with van der Waals surface area (Å²) in [5.74, 6) is 0.681. The molecule has 1 atom stereocenters. The topological polar surface area (TPSA) is 38.9 Å². The third-order valence-corrected chi connectivity index (χ3v) is 4.11. The van der Waals surface area contributed by atoms with Gasteiger partial charge in [-0.05, 0) is 5.92 Å². The van der Waals surface area contributed by atoms with Crippen molar-refractivity contribution in [2.75, 3.05) is 5.73 Å². The van der Waals surface area contributed by atoms with Gasteiger partial charge in [0.1, 0.15) is 5.00 Å². The van der Waals surface area contributed by atoms with Crippen LogP contribution >= 0.6 is 23.1 Å². The van der Waals surface area contributed by atoms with Gasteiger partial charge in [-0.15, -0.1) is 0 Å². The molecule has 0 bridgehead atoms. The van der Waals surface area contributed by atoms with Crippen molar-refractivity contribution in [3.8, 4) is 0 Å². The summed E-state index contributed by atoms with van der Waals surface area (Å²) in [7, 11) is 0. The van der Waals surface area contributed by atoms with Crippen LogP contribution in [0.3, 0.4) is 0 Å². The minimum atomic E-state index is 0.607. The quantitative estimate of drug-likeness (QED) is 0.766. The number of nitrogens with zero attached hydrogens (tertiary/aromatic N) is 1. The fraction of sp³-hybridized carbons (Fsp3) is 0.625. The Labute approximate surface area is 81.6 Å². The summed E-state index contributed by atoms with van der Waals surface area (Å²) in [6.07, 6.45) is 1.72. The molecule has 1 unspecified atom stereocenters. The molecule has 0 saturated carbocycles.